The van der Waals surface area contributed by atoms with Crippen molar-refractivity contribution >= 4 is 43.9 Å². The highest BCUT2D eigenvalue weighted by molar-refractivity contribution is 7.18. The number of hydrogen-bond donors (Lipinski definition) is 1. The second kappa shape index (κ2) is 9.26. The summed E-state index contributed by atoms with van der Waals surface area (Å²) in [5, 5.41) is 5.56. The summed E-state index contributed by atoms with van der Waals surface area (Å²) in [7, 11) is 0. The Labute approximate surface area is 218 Å². The molecule has 1 fully saturated rings. The molecule has 2 aromatic carbocycles. The maximum atomic E-state index is 13.9. The first-order chi connectivity index (χ1) is 17.8. The number of hydrogen-bond acceptors (Lipinski definition) is 5. The molecule has 6 rings (SSSR count). The van der Waals surface area contributed by atoms with E-state index in [0.29, 0.717) is 28.9 Å². The van der Waals surface area contributed by atoms with Crippen LogP contribution in [0.2, 0.25) is 0 Å². The van der Waals surface area contributed by atoms with Crippen molar-refractivity contribution in [2.75, 3.05) is 5.32 Å². The number of carbonyl (C=O) groups excluding carboxylic acids is 1. The SMILES string of the molecule is CC1(C)Cc2c(sc3c2c(=O)n(C2CCCCC2)c(=O)n3CC(=O)Nc2cccc3ccccc23)CO1. The lowest BCUT2D eigenvalue weighted by atomic mass is 9.93. The Bertz CT molecular complexity index is 1630. The summed E-state index contributed by atoms with van der Waals surface area (Å²) in [5.41, 5.74) is 0.669. The summed E-state index contributed by atoms with van der Waals surface area (Å²) in [4.78, 5) is 42.6. The van der Waals surface area contributed by atoms with Gasteiger partial charge in [0.2, 0.25) is 5.91 Å². The monoisotopic (exact) mass is 517 g/mol. The Morgan fingerprint density at radius 2 is 1.84 bits per heavy atom. The van der Waals surface area contributed by atoms with Crippen LogP contribution in [0.4, 0.5) is 5.69 Å². The Kier molecular flexibility index (Phi) is 6.04. The maximum absolute atomic E-state index is 13.9. The number of anilines is 1. The molecule has 0 unspecified atom stereocenters. The van der Waals surface area contributed by atoms with Gasteiger partial charge in [0.15, 0.2) is 0 Å². The van der Waals surface area contributed by atoms with Gasteiger partial charge in [-0.1, -0.05) is 55.7 Å². The highest BCUT2D eigenvalue weighted by atomic mass is 32.1. The van der Waals surface area contributed by atoms with Gasteiger partial charge in [-0.3, -0.25) is 18.7 Å². The molecule has 0 saturated heterocycles. The van der Waals surface area contributed by atoms with E-state index in [1.54, 1.807) is 0 Å². The van der Waals surface area contributed by atoms with Crippen molar-refractivity contribution in [1.29, 1.82) is 0 Å². The van der Waals surface area contributed by atoms with E-state index in [1.807, 2.05) is 56.3 Å². The molecule has 2 aromatic heterocycles. The highest BCUT2D eigenvalue weighted by Crippen LogP contribution is 2.38. The molecule has 4 aromatic rings. The third-order valence-corrected chi connectivity index (χ3v) is 8.92. The molecule has 0 atom stereocenters. The van der Waals surface area contributed by atoms with Gasteiger partial charge in [-0.25, -0.2) is 4.79 Å². The molecular weight excluding hydrogens is 486 g/mol. The number of rotatable bonds is 4. The van der Waals surface area contributed by atoms with E-state index in [4.69, 9.17) is 4.74 Å². The number of carbonyl (C=O) groups is 1. The van der Waals surface area contributed by atoms with Crippen LogP contribution in [0.25, 0.3) is 21.0 Å². The van der Waals surface area contributed by atoms with Gasteiger partial charge >= 0.3 is 5.69 Å². The summed E-state index contributed by atoms with van der Waals surface area (Å²) in [6.07, 6.45) is 5.34. The average Bonchev–Trinajstić information content (AvgIpc) is 3.25. The van der Waals surface area contributed by atoms with E-state index in [1.165, 1.54) is 20.5 Å². The van der Waals surface area contributed by atoms with E-state index in [0.717, 1.165) is 53.3 Å². The van der Waals surface area contributed by atoms with Crippen molar-refractivity contribution in [3.8, 4) is 0 Å². The van der Waals surface area contributed by atoms with Crippen LogP contribution in [0.3, 0.4) is 0 Å². The lowest BCUT2D eigenvalue weighted by molar-refractivity contribution is -0.116. The van der Waals surface area contributed by atoms with E-state index in [9.17, 15) is 14.4 Å². The van der Waals surface area contributed by atoms with E-state index < -0.39 is 11.3 Å². The van der Waals surface area contributed by atoms with E-state index in [2.05, 4.69) is 5.32 Å². The molecule has 1 amide bonds. The Balaban J connectivity index is 1.46. The molecule has 3 heterocycles. The van der Waals surface area contributed by atoms with Crippen molar-refractivity contribution < 1.29 is 9.53 Å². The van der Waals surface area contributed by atoms with Crippen molar-refractivity contribution in [2.45, 2.75) is 77.2 Å². The number of aromatic nitrogens is 2. The molecule has 1 N–H and O–H groups in total. The fraction of sp³-hybridized carbons (Fsp3) is 0.414. The van der Waals surface area contributed by atoms with Gasteiger partial charge in [0.05, 0.1) is 17.6 Å². The van der Waals surface area contributed by atoms with Crippen LogP contribution in [0, 0.1) is 0 Å². The van der Waals surface area contributed by atoms with Crippen LogP contribution in [0.1, 0.15) is 62.4 Å². The first kappa shape index (κ1) is 24.1. The number of benzene rings is 2. The van der Waals surface area contributed by atoms with E-state index in [-0.39, 0.29) is 24.1 Å². The molecule has 7 nitrogen and oxygen atoms in total. The first-order valence-electron chi connectivity index (χ1n) is 13.0. The molecule has 37 heavy (non-hydrogen) atoms. The molecule has 0 spiro atoms. The Morgan fingerprint density at radius 3 is 2.65 bits per heavy atom. The Hall–Kier alpha value is -3.23. The summed E-state index contributed by atoms with van der Waals surface area (Å²) in [6, 6.07) is 13.5. The van der Waals surface area contributed by atoms with Crippen LogP contribution >= 0.6 is 11.3 Å². The number of fused-ring (bicyclic) bond motifs is 4. The van der Waals surface area contributed by atoms with Gasteiger partial charge in [-0.2, -0.15) is 0 Å². The first-order valence-corrected chi connectivity index (χ1v) is 13.9. The third-order valence-electron chi connectivity index (χ3n) is 7.69. The minimum Gasteiger partial charge on any atom is -0.370 e. The zero-order chi connectivity index (χ0) is 25.7. The van der Waals surface area contributed by atoms with Gasteiger partial charge in [0, 0.05) is 28.4 Å². The second-order valence-corrected chi connectivity index (χ2v) is 11.9. The number of nitrogens with one attached hydrogen (secondary N) is 1. The summed E-state index contributed by atoms with van der Waals surface area (Å²) in [6.45, 7) is 4.29. The largest absolute Gasteiger partial charge is 0.370 e. The third kappa shape index (κ3) is 4.32. The fourth-order valence-corrected chi connectivity index (χ4v) is 7.06. The molecule has 192 valence electrons. The van der Waals surface area contributed by atoms with Crippen LogP contribution in [-0.2, 0) is 29.1 Å². The van der Waals surface area contributed by atoms with Crippen LogP contribution < -0.4 is 16.6 Å². The minimum atomic E-state index is -0.393. The van der Waals surface area contributed by atoms with Gasteiger partial charge in [0.25, 0.3) is 5.56 Å². The Morgan fingerprint density at radius 1 is 1.08 bits per heavy atom. The molecule has 2 aliphatic rings. The van der Waals surface area contributed by atoms with Crippen LogP contribution in [0.5, 0.6) is 0 Å². The van der Waals surface area contributed by atoms with Gasteiger partial charge in [-0.05, 0) is 43.7 Å². The number of amides is 1. The van der Waals surface area contributed by atoms with Gasteiger partial charge < -0.3 is 10.1 Å². The normalized spacial score (nSPS) is 17.7. The van der Waals surface area contributed by atoms with Crippen molar-refractivity contribution in [2.24, 2.45) is 0 Å². The number of ether oxygens (including phenoxy) is 1. The molecule has 1 aliphatic heterocycles. The molecule has 0 radical (unpaired) electrons. The van der Waals surface area contributed by atoms with Crippen LogP contribution in [-0.4, -0.2) is 20.6 Å². The summed E-state index contributed by atoms with van der Waals surface area (Å²) < 4.78 is 8.98. The standard InChI is InChI=1S/C29H31N3O4S/c1-29(2)15-21-23(17-36-29)37-27-25(21)26(34)32(19-11-4-3-5-12-19)28(35)31(27)16-24(33)30-22-14-8-10-18-9-6-7-13-20(18)22/h6-10,13-14,19H,3-5,11-12,15-17H2,1-2H3,(H,30,33). The topological polar surface area (TPSA) is 82.3 Å². The van der Waals surface area contributed by atoms with Gasteiger partial charge in [0.1, 0.15) is 11.4 Å². The van der Waals surface area contributed by atoms with Crippen molar-refractivity contribution in [3.63, 3.8) is 0 Å². The molecule has 1 saturated carbocycles. The van der Waals surface area contributed by atoms with Crippen LogP contribution in [0.15, 0.2) is 52.1 Å². The molecule has 8 heteroatoms. The maximum Gasteiger partial charge on any atom is 0.332 e. The predicted molar refractivity (Wildman–Crippen MR) is 148 cm³/mol. The minimum absolute atomic E-state index is 0.131. The number of nitrogens with zero attached hydrogens (tertiary/aromatic N) is 2. The van der Waals surface area contributed by atoms with E-state index >= 15 is 0 Å². The molecule has 0 bridgehead atoms. The van der Waals surface area contributed by atoms with Crippen molar-refractivity contribution in [3.05, 3.63) is 73.7 Å². The zero-order valence-corrected chi connectivity index (χ0v) is 22.0. The molecular formula is C29H31N3O4S. The predicted octanol–water partition coefficient (Wildman–Crippen LogP) is 5.37. The smallest absolute Gasteiger partial charge is 0.332 e. The number of thiophene rings is 1. The lowest BCUT2D eigenvalue weighted by Gasteiger charge is -2.30. The zero-order valence-electron chi connectivity index (χ0n) is 21.2. The highest BCUT2D eigenvalue weighted by Gasteiger charge is 2.33. The summed E-state index contributed by atoms with van der Waals surface area (Å²) in [5.74, 6) is -0.295. The quantitative estimate of drug-likeness (QED) is 0.394. The molecule has 1 aliphatic carbocycles. The van der Waals surface area contributed by atoms with Gasteiger partial charge in [-0.15, -0.1) is 11.3 Å². The lowest BCUT2D eigenvalue weighted by Crippen LogP contribution is -2.44. The second-order valence-electron chi connectivity index (χ2n) is 10.8. The summed E-state index contributed by atoms with van der Waals surface area (Å²) >= 11 is 1.41. The average molecular weight is 518 g/mol. The fourth-order valence-electron chi connectivity index (χ4n) is 5.84. The van der Waals surface area contributed by atoms with Crippen molar-refractivity contribution in [1.82, 2.24) is 9.13 Å².